The number of hydrogen-bond donors (Lipinski definition) is 0. The molecular formula is C17H21BrN2O2. The van der Waals surface area contributed by atoms with Crippen LogP contribution in [0.4, 0.5) is 0 Å². The lowest BCUT2D eigenvalue weighted by molar-refractivity contribution is 0.216. The van der Waals surface area contributed by atoms with Gasteiger partial charge in [-0.05, 0) is 37.5 Å². The van der Waals surface area contributed by atoms with Crippen LogP contribution in [0, 0.1) is 5.41 Å². The highest BCUT2D eigenvalue weighted by Gasteiger charge is 2.38. The molecule has 1 aliphatic carbocycles. The summed E-state index contributed by atoms with van der Waals surface area (Å²) in [5.74, 6) is 0. The molecule has 0 spiro atoms. The highest BCUT2D eigenvalue weighted by molar-refractivity contribution is 9.10. The quantitative estimate of drug-likeness (QED) is 0.773. The minimum atomic E-state index is -0.0179. The zero-order chi connectivity index (χ0) is 15.7. The Bertz CT molecular complexity index is 750. The number of unbranched alkanes of at least 4 members (excludes halogenated alkanes) is 1. The first-order valence-corrected chi connectivity index (χ1v) is 8.65. The normalized spacial score (nSPS) is 16.0. The molecule has 4 nitrogen and oxygen atoms in total. The summed E-state index contributed by atoms with van der Waals surface area (Å²) in [6, 6.07) is 6.05. The zero-order valence-corrected chi connectivity index (χ0v) is 14.6. The molecule has 0 unspecified atom stereocenters. The molecule has 1 aliphatic rings. The van der Waals surface area contributed by atoms with Gasteiger partial charge in [-0.3, -0.25) is 9.36 Å². The second kappa shape index (κ2) is 6.03. The van der Waals surface area contributed by atoms with Gasteiger partial charge in [0.05, 0.1) is 17.5 Å². The van der Waals surface area contributed by atoms with Gasteiger partial charge in [0.15, 0.2) is 0 Å². The number of halogens is 1. The van der Waals surface area contributed by atoms with Crippen molar-refractivity contribution in [2.45, 2.75) is 46.1 Å². The monoisotopic (exact) mass is 364 g/mol. The summed E-state index contributed by atoms with van der Waals surface area (Å²) in [5, 5.41) is 0.635. The first-order valence-electron chi connectivity index (χ1n) is 7.85. The van der Waals surface area contributed by atoms with Crippen LogP contribution in [-0.2, 0) is 6.54 Å². The van der Waals surface area contributed by atoms with Crippen molar-refractivity contribution in [2.75, 3.05) is 6.61 Å². The fourth-order valence-corrected chi connectivity index (χ4v) is 2.75. The number of nitrogens with zero attached hydrogens (tertiary/aromatic N) is 2. The smallest absolute Gasteiger partial charge is 0.299 e. The number of hydrogen-bond acceptors (Lipinski definition) is 3. The van der Waals surface area contributed by atoms with Crippen LogP contribution in [0.25, 0.3) is 10.9 Å². The maximum Gasteiger partial charge on any atom is 0.299 e. The van der Waals surface area contributed by atoms with E-state index in [0.717, 1.165) is 17.3 Å². The molecule has 1 aromatic carbocycles. The van der Waals surface area contributed by atoms with Crippen molar-refractivity contribution in [3.63, 3.8) is 0 Å². The van der Waals surface area contributed by atoms with E-state index in [0.29, 0.717) is 30.1 Å². The molecule has 1 aromatic heterocycles. The van der Waals surface area contributed by atoms with Crippen LogP contribution in [0.2, 0.25) is 0 Å². The van der Waals surface area contributed by atoms with E-state index in [1.54, 1.807) is 4.57 Å². The number of fused-ring (bicyclic) bond motifs is 1. The molecular weight excluding hydrogens is 344 g/mol. The van der Waals surface area contributed by atoms with Crippen LogP contribution in [0.15, 0.2) is 27.5 Å². The van der Waals surface area contributed by atoms with Gasteiger partial charge in [-0.25, -0.2) is 0 Å². The van der Waals surface area contributed by atoms with E-state index in [1.807, 2.05) is 18.2 Å². The lowest BCUT2D eigenvalue weighted by atomic mass is 10.2. The number of benzene rings is 1. The summed E-state index contributed by atoms with van der Waals surface area (Å²) in [4.78, 5) is 17.4. The van der Waals surface area contributed by atoms with Crippen LogP contribution >= 0.6 is 15.9 Å². The van der Waals surface area contributed by atoms with Crippen LogP contribution < -0.4 is 10.3 Å². The van der Waals surface area contributed by atoms with Crippen molar-refractivity contribution >= 4 is 26.8 Å². The van der Waals surface area contributed by atoms with Gasteiger partial charge < -0.3 is 4.74 Å². The second-order valence-corrected chi connectivity index (χ2v) is 7.38. The van der Waals surface area contributed by atoms with Gasteiger partial charge in [-0.1, -0.05) is 36.2 Å². The van der Waals surface area contributed by atoms with E-state index < -0.39 is 0 Å². The second-order valence-electron chi connectivity index (χ2n) is 6.47. The highest BCUT2D eigenvalue weighted by Crippen LogP contribution is 2.44. The third-order valence-electron chi connectivity index (χ3n) is 4.27. The molecule has 1 heterocycles. The molecule has 1 saturated carbocycles. The van der Waals surface area contributed by atoms with Crippen LogP contribution in [-0.4, -0.2) is 16.2 Å². The number of rotatable bonds is 6. The lowest BCUT2D eigenvalue weighted by Gasteiger charge is -2.16. The van der Waals surface area contributed by atoms with E-state index in [-0.39, 0.29) is 11.0 Å². The van der Waals surface area contributed by atoms with Gasteiger partial charge in [0.25, 0.3) is 11.6 Å². The molecule has 1 fully saturated rings. The Kier molecular flexibility index (Phi) is 4.26. The molecule has 0 N–H and O–H groups in total. The van der Waals surface area contributed by atoms with Gasteiger partial charge in [-0.15, -0.1) is 0 Å². The Labute approximate surface area is 138 Å². The van der Waals surface area contributed by atoms with E-state index in [1.165, 1.54) is 12.8 Å². The van der Waals surface area contributed by atoms with Gasteiger partial charge >= 0.3 is 0 Å². The van der Waals surface area contributed by atoms with Crippen molar-refractivity contribution < 1.29 is 4.74 Å². The van der Waals surface area contributed by atoms with Crippen LogP contribution in [0.3, 0.4) is 0 Å². The highest BCUT2D eigenvalue weighted by atomic mass is 79.9. The molecule has 0 aliphatic heterocycles. The summed E-state index contributed by atoms with van der Waals surface area (Å²) in [6.45, 7) is 5.60. The fourth-order valence-electron chi connectivity index (χ4n) is 2.39. The summed E-state index contributed by atoms with van der Waals surface area (Å²) >= 11 is 3.42. The molecule has 2 aromatic rings. The predicted molar refractivity (Wildman–Crippen MR) is 91.4 cm³/mol. The Balaban J connectivity index is 2.02. The van der Waals surface area contributed by atoms with E-state index in [4.69, 9.17) is 4.74 Å². The van der Waals surface area contributed by atoms with Gasteiger partial charge in [0.2, 0.25) is 0 Å². The average molecular weight is 365 g/mol. The number of ether oxygens (including phenoxy) is 1. The van der Waals surface area contributed by atoms with E-state index in [9.17, 15) is 4.79 Å². The minimum Gasteiger partial charge on any atom is -0.464 e. The van der Waals surface area contributed by atoms with Crippen molar-refractivity contribution in [2.24, 2.45) is 5.41 Å². The maximum atomic E-state index is 12.8. The SMILES string of the molecule is CCCCn1c(OCC2(C)CC2)nc2ccc(Br)cc2c1=O. The summed E-state index contributed by atoms with van der Waals surface area (Å²) in [7, 11) is 0. The summed E-state index contributed by atoms with van der Waals surface area (Å²) < 4.78 is 8.49. The predicted octanol–water partition coefficient (Wildman–Crippen LogP) is 4.14. The van der Waals surface area contributed by atoms with Gasteiger partial charge in [0.1, 0.15) is 0 Å². The first-order chi connectivity index (χ1) is 10.5. The third-order valence-corrected chi connectivity index (χ3v) is 4.76. The molecule has 118 valence electrons. The van der Waals surface area contributed by atoms with Crippen molar-refractivity contribution in [1.82, 2.24) is 9.55 Å². The van der Waals surface area contributed by atoms with Gasteiger partial charge in [0, 0.05) is 16.4 Å². The largest absolute Gasteiger partial charge is 0.464 e. The molecule has 0 amide bonds. The first kappa shape index (κ1) is 15.5. The Hall–Kier alpha value is -1.36. The summed E-state index contributed by atoms with van der Waals surface area (Å²) in [6.07, 6.45) is 4.34. The Morgan fingerprint density at radius 1 is 1.41 bits per heavy atom. The standard InChI is InChI=1S/C17H21BrN2O2/c1-3-4-9-20-15(21)13-10-12(18)5-6-14(13)19-16(20)22-11-17(2)7-8-17/h5-6,10H,3-4,7-9,11H2,1-2H3. The van der Waals surface area contributed by atoms with Crippen LogP contribution in [0.1, 0.15) is 39.5 Å². The molecule has 0 saturated heterocycles. The molecule has 0 bridgehead atoms. The average Bonchev–Trinajstić information content (AvgIpc) is 3.23. The molecule has 3 rings (SSSR count). The molecule has 0 radical (unpaired) electrons. The van der Waals surface area contributed by atoms with Crippen molar-refractivity contribution in [3.05, 3.63) is 33.0 Å². The fraction of sp³-hybridized carbons (Fsp3) is 0.529. The summed E-state index contributed by atoms with van der Waals surface area (Å²) in [5.41, 5.74) is 0.940. The van der Waals surface area contributed by atoms with Crippen LogP contribution in [0.5, 0.6) is 6.01 Å². The molecule has 5 heteroatoms. The van der Waals surface area contributed by atoms with E-state index >= 15 is 0 Å². The topological polar surface area (TPSA) is 44.1 Å². The van der Waals surface area contributed by atoms with Gasteiger partial charge in [-0.2, -0.15) is 4.98 Å². The third kappa shape index (κ3) is 3.19. The number of aromatic nitrogens is 2. The van der Waals surface area contributed by atoms with Crippen molar-refractivity contribution in [1.29, 1.82) is 0 Å². The molecule has 0 atom stereocenters. The van der Waals surface area contributed by atoms with E-state index in [2.05, 4.69) is 34.8 Å². The Morgan fingerprint density at radius 3 is 2.86 bits per heavy atom. The Morgan fingerprint density at radius 2 is 2.18 bits per heavy atom. The molecule has 22 heavy (non-hydrogen) atoms. The maximum absolute atomic E-state index is 12.8. The zero-order valence-electron chi connectivity index (χ0n) is 13.1. The minimum absolute atomic E-state index is 0.0179. The lowest BCUT2D eigenvalue weighted by Crippen LogP contribution is -2.25. The van der Waals surface area contributed by atoms with Crippen molar-refractivity contribution in [3.8, 4) is 6.01 Å².